The molecule has 0 spiro atoms. The highest BCUT2D eigenvalue weighted by Gasteiger charge is 2.14. The van der Waals surface area contributed by atoms with Crippen molar-refractivity contribution in [2.75, 3.05) is 5.32 Å². The van der Waals surface area contributed by atoms with Gasteiger partial charge in [0.1, 0.15) is 17.3 Å². The van der Waals surface area contributed by atoms with Crippen molar-refractivity contribution in [3.05, 3.63) is 58.7 Å². The first-order valence-electron chi connectivity index (χ1n) is 7.22. The number of aromatic amines is 2. The second kappa shape index (κ2) is 6.10. The fourth-order valence-electron chi connectivity index (χ4n) is 2.37. The van der Waals surface area contributed by atoms with Crippen LogP contribution in [0.3, 0.4) is 0 Å². The fourth-order valence-corrected chi connectivity index (χ4v) is 2.70. The standard InChI is InChI=1S/C16H10BrFN6O/c17-8-5-13-15(19-7-8)23-14(22-13)10-6-9(1-2-11(10)18)21-16(25)12-3-4-20-24-12/h1-7H,(H,20,24)(H,21,25)(H,19,22,23). The maximum Gasteiger partial charge on any atom is 0.273 e. The summed E-state index contributed by atoms with van der Waals surface area (Å²) in [5.74, 6) is -0.501. The van der Waals surface area contributed by atoms with Crippen LogP contribution >= 0.6 is 15.9 Å². The van der Waals surface area contributed by atoms with Gasteiger partial charge in [0.05, 0.1) is 11.1 Å². The van der Waals surface area contributed by atoms with E-state index in [-0.39, 0.29) is 11.5 Å². The molecule has 25 heavy (non-hydrogen) atoms. The van der Waals surface area contributed by atoms with E-state index in [4.69, 9.17) is 0 Å². The van der Waals surface area contributed by atoms with E-state index in [1.165, 1.54) is 24.4 Å². The van der Waals surface area contributed by atoms with Crippen LogP contribution in [-0.2, 0) is 0 Å². The molecule has 0 aliphatic heterocycles. The molecule has 0 bridgehead atoms. The van der Waals surface area contributed by atoms with Crippen molar-refractivity contribution in [1.82, 2.24) is 25.1 Å². The molecule has 0 unspecified atom stereocenters. The molecular formula is C16H10BrFN6O. The first kappa shape index (κ1) is 15.5. The summed E-state index contributed by atoms with van der Waals surface area (Å²) in [6.45, 7) is 0. The van der Waals surface area contributed by atoms with Gasteiger partial charge in [-0.2, -0.15) is 5.10 Å². The summed E-state index contributed by atoms with van der Waals surface area (Å²) in [4.78, 5) is 23.6. The topological polar surface area (TPSA) is 99.3 Å². The Labute approximate surface area is 148 Å². The number of nitrogens with one attached hydrogen (secondary N) is 3. The SMILES string of the molecule is O=C(Nc1ccc(F)c(-c2nc3ncc(Br)cc3[nH]2)c1)c1ccn[nH]1. The van der Waals surface area contributed by atoms with Crippen LogP contribution in [-0.4, -0.2) is 31.1 Å². The highest BCUT2D eigenvalue weighted by atomic mass is 79.9. The molecule has 4 aromatic rings. The van der Waals surface area contributed by atoms with Crippen molar-refractivity contribution in [2.45, 2.75) is 0 Å². The van der Waals surface area contributed by atoms with Crippen LogP contribution in [0.4, 0.5) is 10.1 Å². The van der Waals surface area contributed by atoms with Gasteiger partial charge in [0.2, 0.25) is 0 Å². The Morgan fingerprint density at radius 1 is 1.24 bits per heavy atom. The van der Waals surface area contributed by atoms with Gasteiger partial charge in [-0.15, -0.1) is 0 Å². The monoisotopic (exact) mass is 400 g/mol. The lowest BCUT2D eigenvalue weighted by atomic mass is 10.1. The smallest absolute Gasteiger partial charge is 0.273 e. The second-order valence-electron chi connectivity index (χ2n) is 5.23. The number of hydrogen-bond acceptors (Lipinski definition) is 4. The van der Waals surface area contributed by atoms with Crippen molar-refractivity contribution in [3.8, 4) is 11.4 Å². The molecule has 3 heterocycles. The van der Waals surface area contributed by atoms with Gasteiger partial charge < -0.3 is 10.3 Å². The van der Waals surface area contributed by atoms with E-state index in [1.54, 1.807) is 18.3 Å². The molecule has 1 aromatic carbocycles. The molecule has 3 N–H and O–H groups in total. The van der Waals surface area contributed by atoms with Gasteiger partial charge in [-0.1, -0.05) is 0 Å². The summed E-state index contributed by atoms with van der Waals surface area (Å²) < 4.78 is 15.0. The summed E-state index contributed by atoms with van der Waals surface area (Å²) in [5, 5.41) is 8.98. The number of fused-ring (bicyclic) bond motifs is 1. The first-order valence-corrected chi connectivity index (χ1v) is 8.01. The number of aromatic nitrogens is 5. The third-order valence-electron chi connectivity index (χ3n) is 3.53. The van der Waals surface area contributed by atoms with Crippen molar-refractivity contribution < 1.29 is 9.18 Å². The molecule has 0 aliphatic carbocycles. The van der Waals surface area contributed by atoms with E-state index in [2.05, 4.69) is 46.4 Å². The van der Waals surface area contributed by atoms with E-state index in [1.807, 2.05) is 0 Å². The Bertz CT molecular complexity index is 1080. The number of carbonyl (C=O) groups is 1. The zero-order valence-electron chi connectivity index (χ0n) is 12.5. The molecule has 0 aliphatic rings. The fraction of sp³-hybridized carbons (Fsp3) is 0. The Kier molecular flexibility index (Phi) is 3.77. The molecule has 0 fully saturated rings. The van der Waals surface area contributed by atoms with Gasteiger partial charge in [0.25, 0.3) is 5.91 Å². The van der Waals surface area contributed by atoms with E-state index in [0.29, 0.717) is 28.4 Å². The number of halogens is 2. The summed E-state index contributed by atoms with van der Waals surface area (Å²) in [6, 6.07) is 7.61. The quantitative estimate of drug-likeness (QED) is 0.489. The van der Waals surface area contributed by atoms with Crippen molar-refractivity contribution >= 4 is 38.7 Å². The number of hydrogen-bond donors (Lipinski definition) is 3. The van der Waals surface area contributed by atoms with Gasteiger partial charge >= 0.3 is 0 Å². The van der Waals surface area contributed by atoms with E-state index < -0.39 is 5.82 Å². The highest BCUT2D eigenvalue weighted by Crippen LogP contribution is 2.26. The largest absolute Gasteiger partial charge is 0.336 e. The maximum absolute atomic E-state index is 14.3. The Hall–Kier alpha value is -3.07. The number of carbonyl (C=O) groups excluding carboxylic acids is 1. The summed E-state index contributed by atoms with van der Waals surface area (Å²) in [5.41, 5.74) is 2.13. The third kappa shape index (κ3) is 3.01. The van der Waals surface area contributed by atoms with Gasteiger partial charge in [-0.25, -0.2) is 14.4 Å². The third-order valence-corrected chi connectivity index (χ3v) is 3.96. The van der Waals surface area contributed by atoms with Gasteiger partial charge in [0, 0.05) is 22.6 Å². The van der Waals surface area contributed by atoms with Crippen LogP contribution in [0.2, 0.25) is 0 Å². The summed E-state index contributed by atoms with van der Waals surface area (Å²) in [7, 11) is 0. The number of benzene rings is 1. The number of nitrogens with zero attached hydrogens (tertiary/aromatic N) is 3. The molecule has 0 saturated heterocycles. The van der Waals surface area contributed by atoms with Crippen LogP contribution in [0.15, 0.2) is 47.2 Å². The lowest BCUT2D eigenvalue weighted by molar-refractivity contribution is 0.102. The van der Waals surface area contributed by atoms with Crippen LogP contribution < -0.4 is 5.32 Å². The van der Waals surface area contributed by atoms with Crippen molar-refractivity contribution in [3.63, 3.8) is 0 Å². The van der Waals surface area contributed by atoms with Crippen LogP contribution in [0.5, 0.6) is 0 Å². The Morgan fingerprint density at radius 3 is 2.92 bits per heavy atom. The average molecular weight is 401 g/mol. The average Bonchev–Trinajstić information content (AvgIpc) is 3.25. The molecule has 0 radical (unpaired) electrons. The van der Waals surface area contributed by atoms with Crippen molar-refractivity contribution in [2.24, 2.45) is 0 Å². The lowest BCUT2D eigenvalue weighted by Crippen LogP contribution is -2.12. The molecule has 0 atom stereocenters. The van der Waals surface area contributed by atoms with Gasteiger partial charge in [0.15, 0.2) is 5.65 Å². The number of pyridine rings is 1. The van der Waals surface area contributed by atoms with E-state index in [0.717, 1.165) is 4.47 Å². The Morgan fingerprint density at radius 2 is 2.12 bits per heavy atom. The van der Waals surface area contributed by atoms with Crippen molar-refractivity contribution in [1.29, 1.82) is 0 Å². The number of H-pyrrole nitrogens is 2. The van der Waals surface area contributed by atoms with Crippen LogP contribution in [0.25, 0.3) is 22.6 Å². The maximum atomic E-state index is 14.3. The minimum Gasteiger partial charge on any atom is -0.336 e. The number of imidazole rings is 1. The van der Waals surface area contributed by atoms with Gasteiger partial charge in [-0.3, -0.25) is 9.89 Å². The second-order valence-corrected chi connectivity index (χ2v) is 6.14. The molecule has 1 amide bonds. The molecule has 7 nitrogen and oxygen atoms in total. The molecular weight excluding hydrogens is 391 g/mol. The normalized spacial score (nSPS) is 11.0. The zero-order valence-corrected chi connectivity index (χ0v) is 14.1. The minimum atomic E-state index is -0.460. The van der Waals surface area contributed by atoms with Crippen LogP contribution in [0, 0.1) is 5.82 Å². The molecule has 124 valence electrons. The van der Waals surface area contributed by atoms with E-state index >= 15 is 0 Å². The highest BCUT2D eigenvalue weighted by molar-refractivity contribution is 9.10. The van der Waals surface area contributed by atoms with E-state index in [9.17, 15) is 9.18 Å². The molecule has 3 aromatic heterocycles. The summed E-state index contributed by atoms with van der Waals surface area (Å²) in [6.07, 6.45) is 3.09. The van der Waals surface area contributed by atoms with Crippen LogP contribution in [0.1, 0.15) is 10.5 Å². The predicted molar refractivity (Wildman–Crippen MR) is 93.5 cm³/mol. The zero-order chi connectivity index (χ0) is 17.4. The van der Waals surface area contributed by atoms with Gasteiger partial charge in [-0.05, 0) is 46.3 Å². The number of anilines is 1. The number of amides is 1. The number of rotatable bonds is 3. The molecule has 4 rings (SSSR count). The Balaban J connectivity index is 1.70. The first-order chi connectivity index (χ1) is 12.1. The predicted octanol–water partition coefficient (Wildman–Crippen LogP) is 3.50. The minimum absolute atomic E-state index is 0.233. The molecule has 9 heteroatoms. The lowest BCUT2D eigenvalue weighted by Gasteiger charge is -2.06. The molecule has 0 saturated carbocycles. The summed E-state index contributed by atoms with van der Waals surface area (Å²) >= 11 is 3.33.